The van der Waals surface area contributed by atoms with Crippen LogP contribution in [0.5, 0.6) is 0 Å². The summed E-state index contributed by atoms with van der Waals surface area (Å²) in [5, 5.41) is 0. The van der Waals surface area contributed by atoms with Gasteiger partial charge in [0.1, 0.15) is 10.2 Å². The van der Waals surface area contributed by atoms with Crippen LogP contribution in [-0.2, 0) is 0 Å². The van der Waals surface area contributed by atoms with Crippen molar-refractivity contribution < 1.29 is 0 Å². The molecule has 0 fully saturated rings. The Kier molecular flexibility index (Phi) is 2.02. The first-order chi connectivity index (χ1) is 3.70. The molecule has 1 aromatic heterocycles. The molecule has 0 aromatic carbocycles. The summed E-state index contributed by atoms with van der Waals surface area (Å²) in [5.41, 5.74) is 0.905. The fourth-order valence-electron chi connectivity index (χ4n) is 0.377. The Labute approximate surface area is 60.7 Å². The van der Waals surface area contributed by atoms with Gasteiger partial charge in [0.05, 0.1) is 0 Å². The van der Waals surface area contributed by atoms with Crippen LogP contribution in [0.25, 0.3) is 0 Å². The van der Waals surface area contributed by atoms with E-state index in [1.807, 2.05) is 10.5 Å². The van der Waals surface area contributed by atoms with E-state index >= 15 is 0 Å². The maximum atomic E-state index is 4.03. The zero-order valence-electron chi connectivity index (χ0n) is 4.00. The van der Waals surface area contributed by atoms with Gasteiger partial charge in [-0.15, -0.1) is 0 Å². The highest BCUT2D eigenvalue weighted by molar-refractivity contribution is 9.10. The van der Waals surface area contributed by atoms with E-state index in [0.717, 1.165) is 10.2 Å². The maximum Gasteiger partial charge on any atom is 0.129 e. The van der Waals surface area contributed by atoms with E-state index in [2.05, 4.69) is 39.5 Å². The fraction of sp³-hybridized carbons (Fsp3) is 0. The van der Waals surface area contributed by atoms with Gasteiger partial charge in [0.25, 0.3) is 0 Å². The molecule has 8 heavy (non-hydrogen) atoms. The van der Waals surface area contributed by atoms with Crippen LogP contribution in [0.2, 0.25) is 0 Å². The van der Waals surface area contributed by atoms with Crippen LogP contribution in [0, 0.1) is 0 Å². The van der Waals surface area contributed by atoms with Crippen molar-refractivity contribution in [2.24, 2.45) is 0 Å². The number of aromatic nitrogens is 2. The van der Waals surface area contributed by atoms with E-state index in [1.54, 1.807) is 0 Å². The minimum Gasteiger partial charge on any atom is -0.315 e. The van der Waals surface area contributed by atoms with Gasteiger partial charge >= 0.3 is 0 Å². The molecule has 0 saturated carbocycles. The Morgan fingerprint density at radius 3 is 2.50 bits per heavy atom. The second-order valence-electron chi connectivity index (χ2n) is 1.33. The van der Waals surface area contributed by atoms with Crippen LogP contribution in [0.4, 0.5) is 0 Å². The molecule has 44 valence electrons. The minimum atomic E-state index is 0.859. The lowest BCUT2D eigenvalue weighted by Gasteiger charge is -1.86. The number of rotatable bonds is 0. The predicted molar refractivity (Wildman–Crippen MR) is 44.4 cm³/mol. The molecule has 2 atom stereocenters. The van der Waals surface area contributed by atoms with Gasteiger partial charge in [-0.3, -0.25) is 0 Å². The summed E-state index contributed by atoms with van der Waals surface area (Å²) in [6, 6.07) is 0. The first-order valence-electron chi connectivity index (χ1n) is 1.95. The smallest absolute Gasteiger partial charge is 0.129 e. The summed E-state index contributed by atoms with van der Waals surface area (Å²) < 4.78 is 2.70. The Hall–Kier alpha value is 0.550. The van der Waals surface area contributed by atoms with E-state index in [4.69, 9.17) is 0 Å². The van der Waals surface area contributed by atoms with Crippen LogP contribution in [-0.4, -0.2) is 9.32 Å². The molecule has 0 bridgehead atoms. The third-order valence-electron chi connectivity index (χ3n) is 0.732. The van der Waals surface area contributed by atoms with Gasteiger partial charge in [-0.05, 0) is 25.3 Å². The summed E-state index contributed by atoms with van der Waals surface area (Å²) in [6.07, 6.45) is 1.87. The fourth-order valence-corrected chi connectivity index (χ4v) is 1.60. The number of hydrogen-bond acceptors (Lipinski definition) is 1. The van der Waals surface area contributed by atoms with Gasteiger partial charge in [0, 0.05) is 6.20 Å². The molecule has 0 aliphatic rings. The number of imidazole rings is 1. The largest absolute Gasteiger partial charge is 0.315 e. The zero-order valence-corrected chi connectivity index (χ0v) is 7.90. The van der Waals surface area contributed by atoms with E-state index in [0.29, 0.717) is 0 Å². The number of hydrogen-bond donors (Lipinski definition) is 0. The first-order valence-corrected chi connectivity index (χ1v) is 3.84. The molecule has 2 nitrogen and oxygen atoms in total. The van der Waals surface area contributed by atoms with Crippen LogP contribution < -0.4 is 5.57 Å². The highest BCUT2D eigenvalue weighted by atomic mass is 79.9. The van der Waals surface area contributed by atoms with Crippen molar-refractivity contribution in [1.82, 2.24) is 9.32 Å². The normalized spacial score (nSPS) is 9.88. The molecular weight excluding hydrogens is 206 g/mol. The Morgan fingerprint density at radius 2 is 2.38 bits per heavy atom. The summed E-state index contributed by atoms with van der Waals surface area (Å²) in [5.74, 6) is 0. The van der Waals surface area contributed by atoms with Crippen molar-refractivity contribution in [1.29, 1.82) is 0 Å². The van der Waals surface area contributed by atoms with Crippen LogP contribution >= 0.6 is 34.6 Å². The topological polar surface area (TPSA) is 17.8 Å². The van der Waals surface area contributed by atoms with E-state index < -0.39 is 0 Å². The SMILES string of the molecule is Pc1nc(Br)cn1P. The van der Waals surface area contributed by atoms with Gasteiger partial charge in [-0.2, -0.15) is 0 Å². The Morgan fingerprint density at radius 1 is 1.75 bits per heavy atom. The highest BCUT2D eigenvalue weighted by Gasteiger charge is 1.93. The van der Waals surface area contributed by atoms with Crippen molar-refractivity contribution >= 4 is 40.1 Å². The first kappa shape index (κ1) is 6.67. The maximum absolute atomic E-state index is 4.03. The molecule has 1 aromatic rings. The molecule has 0 N–H and O–H groups in total. The quantitative estimate of drug-likeness (QED) is 0.580. The van der Waals surface area contributed by atoms with Gasteiger partial charge in [-0.1, -0.05) is 9.24 Å². The van der Waals surface area contributed by atoms with Gasteiger partial charge in [-0.25, -0.2) is 4.98 Å². The molecule has 0 radical (unpaired) electrons. The van der Waals surface area contributed by atoms with Crippen molar-refractivity contribution in [3.63, 3.8) is 0 Å². The highest BCUT2D eigenvalue weighted by Crippen LogP contribution is 2.06. The predicted octanol–water partition coefficient (Wildman–Crippen LogP) is 0.784. The summed E-state index contributed by atoms with van der Waals surface area (Å²) >= 11 is 3.22. The molecular formula is C3H5BrN2P2. The molecule has 0 spiro atoms. The van der Waals surface area contributed by atoms with Gasteiger partial charge in [0.2, 0.25) is 0 Å². The van der Waals surface area contributed by atoms with Gasteiger partial charge in [0.15, 0.2) is 0 Å². The molecule has 0 aliphatic carbocycles. The van der Waals surface area contributed by atoms with Crippen molar-refractivity contribution in [2.45, 2.75) is 0 Å². The summed E-state index contributed by atoms with van der Waals surface area (Å²) in [6.45, 7) is 0. The third-order valence-corrected chi connectivity index (χ3v) is 2.25. The van der Waals surface area contributed by atoms with Crippen LogP contribution in [0.1, 0.15) is 0 Å². The lowest BCUT2D eigenvalue weighted by Crippen LogP contribution is -1.98. The van der Waals surface area contributed by atoms with E-state index in [1.165, 1.54) is 0 Å². The molecule has 1 heterocycles. The molecule has 5 heteroatoms. The molecule has 0 amide bonds. The summed E-state index contributed by atoms with van der Waals surface area (Å²) in [4.78, 5) is 4.03. The van der Waals surface area contributed by atoms with Crippen molar-refractivity contribution in [3.05, 3.63) is 10.8 Å². The molecule has 0 aliphatic heterocycles. The Balaban J connectivity index is 3.14. The monoisotopic (exact) mass is 210 g/mol. The number of nitrogens with zero attached hydrogens (tertiary/aromatic N) is 2. The lowest BCUT2D eigenvalue weighted by atomic mass is 11.0. The van der Waals surface area contributed by atoms with Crippen LogP contribution in [0.3, 0.4) is 0 Å². The average molecular weight is 211 g/mol. The molecule has 0 saturated heterocycles. The second kappa shape index (κ2) is 2.43. The van der Waals surface area contributed by atoms with E-state index in [-0.39, 0.29) is 0 Å². The second-order valence-corrected chi connectivity index (χ2v) is 3.21. The average Bonchev–Trinajstić information content (AvgIpc) is 1.85. The minimum absolute atomic E-state index is 0.859. The van der Waals surface area contributed by atoms with Crippen molar-refractivity contribution in [3.8, 4) is 0 Å². The number of halogens is 1. The Bertz CT molecular complexity index is 178. The third kappa shape index (κ3) is 1.28. The van der Waals surface area contributed by atoms with Crippen molar-refractivity contribution in [2.75, 3.05) is 0 Å². The van der Waals surface area contributed by atoms with Gasteiger partial charge < -0.3 is 4.34 Å². The van der Waals surface area contributed by atoms with E-state index in [9.17, 15) is 0 Å². The standard InChI is InChI=1S/C3H5BrN2P2/c4-2-1-6(8)3(7)5-2/h1H,7-8H2. The lowest BCUT2D eigenvalue weighted by molar-refractivity contribution is 1.32. The summed E-state index contributed by atoms with van der Waals surface area (Å²) in [7, 11) is 5.02. The molecule has 2 unspecified atom stereocenters. The molecule has 1 rings (SSSR count). The van der Waals surface area contributed by atoms with Crippen LogP contribution in [0.15, 0.2) is 10.8 Å². The zero-order chi connectivity index (χ0) is 6.15.